The van der Waals surface area contributed by atoms with Gasteiger partial charge < -0.3 is 5.32 Å². The highest BCUT2D eigenvalue weighted by molar-refractivity contribution is 5.27. The molecule has 1 rings (SSSR count). The Morgan fingerprint density at radius 3 is 2.27 bits per heavy atom. The van der Waals surface area contributed by atoms with E-state index < -0.39 is 0 Å². The first-order valence-electron chi connectivity index (χ1n) is 5.45. The van der Waals surface area contributed by atoms with Crippen LogP contribution in [0.15, 0.2) is 36.9 Å². The van der Waals surface area contributed by atoms with Gasteiger partial charge in [0.15, 0.2) is 0 Å². The van der Waals surface area contributed by atoms with Crippen LogP contribution in [0.3, 0.4) is 0 Å². The van der Waals surface area contributed by atoms with Crippen molar-refractivity contribution >= 4 is 0 Å². The molecule has 1 aromatic carbocycles. The molecule has 1 nitrogen and oxygen atoms in total. The summed E-state index contributed by atoms with van der Waals surface area (Å²) in [5, 5.41) is 3.29. The van der Waals surface area contributed by atoms with Crippen LogP contribution in [0.1, 0.15) is 31.9 Å². The molecule has 0 aromatic heterocycles. The normalized spacial score (nSPS) is 11.4. The van der Waals surface area contributed by atoms with Crippen LogP contribution in [0.5, 0.6) is 0 Å². The Morgan fingerprint density at radius 2 is 1.80 bits per heavy atom. The lowest BCUT2D eigenvalue weighted by atomic mass is 9.87. The van der Waals surface area contributed by atoms with Gasteiger partial charge in [-0.3, -0.25) is 0 Å². The minimum atomic E-state index is 0.243. The van der Waals surface area contributed by atoms with Crippen LogP contribution in [0.25, 0.3) is 0 Å². The molecule has 0 aliphatic heterocycles. The molecule has 0 radical (unpaired) electrons. The molecule has 15 heavy (non-hydrogen) atoms. The fourth-order valence-corrected chi connectivity index (χ4v) is 1.44. The first-order valence-corrected chi connectivity index (χ1v) is 5.45. The van der Waals surface area contributed by atoms with Crippen molar-refractivity contribution in [3.63, 3.8) is 0 Å². The van der Waals surface area contributed by atoms with Crippen LogP contribution in [-0.4, -0.2) is 6.54 Å². The second-order valence-electron chi connectivity index (χ2n) is 4.87. The van der Waals surface area contributed by atoms with Gasteiger partial charge in [-0.05, 0) is 16.5 Å². The van der Waals surface area contributed by atoms with E-state index >= 15 is 0 Å². The molecular weight excluding hydrogens is 182 g/mol. The van der Waals surface area contributed by atoms with E-state index in [0.29, 0.717) is 0 Å². The van der Waals surface area contributed by atoms with Crippen LogP contribution in [0.4, 0.5) is 0 Å². The highest BCUT2D eigenvalue weighted by Crippen LogP contribution is 2.21. The predicted octanol–water partition coefficient (Wildman–Crippen LogP) is 3.26. The van der Waals surface area contributed by atoms with Gasteiger partial charge in [0, 0.05) is 13.1 Å². The molecule has 0 saturated carbocycles. The van der Waals surface area contributed by atoms with Crippen LogP contribution in [0, 0.1) is 0 Å². The Hall–Kier alpha value is -1.08. The minimum Gasteiger partial charge on any atom is -0.309 e. The summed E-state index contributed by atoms with van der Waals surface area (Å²) >= 11 is 0. The van der Waals surface area contributed by atoms with Gasteiger partial charge in [-0.1, -0.05) is 51.1 Å². The zero-order valence-electron chi connectivity index (χ0n) is 10.0. The van der Waals surface area contributed by atoms with E-state index in [0.717, 1.165) is 13.1 Å². The molecule has 0 fully saturated rings. The molecule has 0 atom stereocenters. The Balaban J connectivity index is 2.60. The topological polar surface area (TPSA) is 12.0 Å². The molecule has 0 heterocycles. The van der Waals surface area contributed by atoms with E-state index in [4.69, 9.17) is 0 Å². The SMILES string of the molecule is C=CCNCc1ccc(C(C)(C)C)cc1. The van der Waals surface area contributed by atoms with Crippen LogP contribution in [0.2, 0.25) is 0 Å². The van der Waals surface area contributed by atoms with Crippen molar-refractivity contribution in [3.8, 4) is 0 Å². The maximum atomic E-state index is 3.68. The average molecular weight is 203 g/mol. The molecular formula is C14H21N. The Bertz CT molecular complexity index is 303. The molecule has 1 aromatic rings. The van der Waals surface area contributed by atoms with Gasteiger partial charge in [0.1, 0.15) is 0 Å². The number of nitrogens with one attached hydrogen (secondary N) is 1. The van der Waals surface area contributed by atoms with Crippen molar-refractivity contribution in [1.29, 1.82) is 0 Å². The fraction of sp³-hybridized carbons (Fsp3) is 0.429. The van der Waals surface area contributed by atoms with E-state index in [2.05, 4.69) is 56.9 Å². The van der Waals surface area contributed by atoms with Crippen LogP contribution >= 0.6 is 0 Å². The lowest BCUT2D eigenvalue weighted by Crippen LogP contribution is -2.14. The first kappa shape index (κ1) is 12.0. The molecule has 82 valence electrons. The molecule has 0 saturated heterocycles. The number of benzene rings is 1. The largest absolute Gasteiger partial charge is 0.309 e. The Morgan fingerprint density at radius 1 is 1.20 bits per heavy atom. The van der Waals surface area contributed by atoms with E-state index in [9.17, 15) is 0 Å². The maximum absolute atomic E-state index is 3.68. The quantitative estimate of drug-likeness (QED) is 0.585. The highest BCUT2D eigenvalue weighted by atomic mass is 14.8. The zero-order valence-corrected chi connectivity index (χ0v) is 10.0. The fourth-order valence-electron chi connectivity index (χ4n) is 1.44. The molecule has 0 aliphatic rings. The molecule has 0 amide bonds. The first-order chi connectivity index (χ1) is 7.04. The maximum Gasteiger partial charge on any atom is 0.0208 e. The van der Waals surface area contributed by atoms with E-state index in [-0.39, 0.29) is 5.41 Å². The molecule has 0 spiro atoms. The van der Waals surface area contributed by atoms with Crippen molar-refractivity contribution in [1.82, 2.24) is 5.32 Å². The third kappa shape index (κ3) is 3.88. The van der Waals surface area contributed by atoms with Gasteiger partial charge in [0.25, 0.3) is 0 Å². The van der Waals surface area contributed by atoms with Crippen molar-refractivity contribution in [2.24, 2.45) is 0 Å². The Kier molecular flexibility index (Phi) is 4.10. The summed E-state index contributed by atoms with van der Waals surface area (Å²) in [6, 6.07) is 8.81. The zero-order chi connectivity index (χ0) is 11.3. The van der Waals surface area contributed by atoms with Crippen molar-refractivity contribution in [2.75, 3.05) is 6.54 Å². The van der Waals surface area contributed by atoms with Gasteiger partial charge >= 0.3 is 0 Å². The molecule has 0 unspecified atom stereocenters. The third-order valence-corrected chi connectivity index (χ3v) is 2.44. The Labute approximate surface area is 93.2 Å². The average Bonchev–Trinajstić information content (AvgIpc) is 2.18. The molecule has 0 bridgehead atoms. The van der Waals surface area contributed by atoms with Crippen LogP contribution in [-0.2, 0) is 12.0 Å². The van der Waals surface area contributed by atoms with Gasteiger partial charge in [-0.15, -0.1) is 6.58 Å². The summed E-state index contributed by atoms with van der Waals surface area (Å²) in [7, 11) is 0. The predicted molar refractivity (Wildman–Crippen MR) is 67.0 cm³/mol. The number of hydrogen-bond donors (Lipinski definition) is 1. The van der Waals surface area contributed by atoms with E-state index in [1.165, 1.54) is 11.1 Å². The van der Waals surface area contributed by atoms with E-state index in [1.807, 2.05) is 6.08 Å². The lowest BCUT2D eigenvalue weighted by Gasteiger charge is -2.19. The number of hydrogen-bond acceptors (Lipinski definition) is 1. The van der Waals surface area contributed by atoms with Gasteiger partial charge in [-0.2, -0.15) is 0 Å². The van der Waals surface area contributed by atoms with Crippen molar-refractivity contribution < 1.29 is 0 Å². The summed E-state index contributed by atoms with van der Waals surface area (Å²) in [5.41, 5.74) is 2.95. The monoisotopic (exact) mass is 203 g/mol. The van der Waals surface area contributed by atoms with Gasteiger partial charge in [0.05, 0.1) is 0 Å². The summed E-state index contributed by atoms with van der Waals surface area (Å²) in [6.45, 7) is 12.2. The summed E-state index contributed by atoms with van der Waals surface area (Å²) in [6.07, 6.45) is 1.88. The third-order valence-electron chi connectivity index (χ3n) is 2.44. The smallest absolute Gasteiger partial charge is 0.0208 e. The summed E-state index contributed by atoms with van der Waals surface area (Å²) < 4.78 is 0. The molecule has 1 heteroatoms. The van der Waals surface area contributed by atoms with E-state index in [1.54, 1.807) is 0 Å². The summed E-state index contributed by atoms with van der Waals surface area (Å²) in [4.78, 5) is 0. The second-order valence-corrected chi connectivity index (χ2v) is 4.87. The molecule has 0 aliphatic carbocycles. The standard InChI is InChI=1S/C14H21N/c1-5-10-15-11-12-6-8-13(9-7-12)14(2,3)4/h5-9,15H,1,10-11H2,2-4H3. The highest BCUT2D eigenvalue weighted by Gasteiger charge is 2.12. The molecule has 1 N–H and O–H groups in total. The van der Waals surface area contributed by atoms with Crippen molar-refractivity contribution in [2.45, 2.75) is 32.7 Å². The van der Waals surface area contributed by atoms with Crippen molar-refractivity contribution in [3.05, 3.63) is 48.0 Å². The second kappa shape index (κ2) is 5.13. The number of rotatable bonds is 4. The van der Waals surface area contributed by atoms with Crippen LogP contribution < -0.4 is 5.32 Å². The van der Waals surface area contributed by atoms with Gasteiger partial charge in [-0.25, -0.2) is 0 Å². The summed E-state index contributed by atoms with van der Waals surface area (Å²) in [5.74, 6) is 0. The minimum absolute atomic E-state index is 0.243. The lowest BCUT2D eigenvalue weighted by molar-refractivity contribution is 0.589. The van der Waals surface area contributed by atoms with Gasteiger partial charge in [0.2, 0.25) is 0 Å².